The van der Waals surface area contributed by atoms with Gasteiger partial charge in [0.25, 0.3) is 0 Å². The monoisotopic (exact) mass is 327 g/mol. The highest BCUT2D eigenvalue weighted by Gasteiger charge is 2.14. The molecule has 0 atom stereocenters. The zero-order valence-electron chi connectivity index (χ0n) is 10.8. The molecule has 21 heavy (non-hydrogen) atoms. The average molecular weight is 327 g/mol. The van der Waals surface area contributed by atoms with Crippen molar-refractivity contribution in [1.82, 2.24) is 15.0 Å². The van der Waals surface area contributed by atoms with E-state index in [4.69, 9.17) is 0 Å². The van der Waals surface area contributed by atoms with Gasteiger partial charge in [-0.2, -0.15) is 12.6 Å². The minimum atomic E-state index is -1.06. The predicted molar refractivity (Wildman–Crippen MR) is 82.6 cm³/mol. The number of rotatable bonds is 1. The number of aromatic hydroxyl groups is 1. The van der Waals surface area contributed by atoms with Gasteiger partial charge in [0.2, 0.25) is 0 Å². The van der Waals surface area contributed by atoms with E-state index in [-0.39, 0.29) is 5.69 Å². The Bertz CT molecular complexity index is 792. The second-order valence-electron chi connectivity index (χ2n) is 3.92. The summed E-state index contributed by atoms with van der Waals surface area (Å²) in [7, 11) is 0. The molecular weight excluding hydrogens is 316 g/mol. The minimum absolute atomic E-state index is 0.158. The van der Waals surface area contributed by atoms with Gasteiger partial charge < -0.3 is 5.11 Å². The van der Waals surface area contributed by atoms with E-state index in [1.807, 2.05) is 0 Å². The maximum Gasteiger partial charge on any atom is 0.179 e. The topological polar surface area (TPSA) is 50.9 Å². The lowest BCUT2D eigenvalue weighted by atomic mass is 10.3. The first kappa shape index (κ1) is 15.6. The number of halogens is 2. The fraction of sp³-hybridized carbons (Fsp3) is 0.0769. The van der Waals surface area contributed by atoms with Crippen molar-refractivity contribution in [2.24, 2.45) is 0 Å². The molecule has 1 aromatic heterocycles. The van der Waals surface area contributed by atoms with Crippen LogP contribution in [0, 0.1) is 11.6 Å². The second-order valence-corrected chi connectivity index (χ2v) is 4.43. The van der Waals surface area contributed by atoms with Crippen molar-refractivity contribution < 1.29 is 13.9 Å². The molecule has 0 unspecified atom stereocenters. The highest BCUT2D eigenvalue weighted by atomic mass is 32.1. The van der Waals surface area contributed by atoms with Gasteiger partial charge in [0.15, 0.2) is 11.6 Å². The van der Waals surface area contributed by atoms with Crippen LogP contribution in [0.15, 0.2) is 35.2 Å². The highest BCUT2D eigenvalue weighted by Crippen LogP contribution is 2.26. The lowest BCUT2D eigenvalue weighted by Crippen LogP contribution is -2.01. The van der Waals surface area contributed by atoms with Crippen LogP contribution in [0.4, 0.5) is 8.78 Å². The van der Waals surface area contributed by atoms with Gasteiger partial charge in [-0.15, -0.1) is 27.6 Å². The maximum absolute atomic E-state index is 13.3. The van der Waals surface area contributed by atoms with Gasteiger partial charge in [0, 0.05) is 17.0 Å². The third-order valence-electron chi connectivity index (χ3n) is 2.59. The molecule has 2 aromatic carbocycles. The molecule has 1 heterocycles. The molecule has 0 aliphatic rings. The van der Waals surface area contributed by atoms with Crippen LogP contribution < -0.4 is 0 Å². The summed E-state index contributed by atoms with van der Waals surface area (Å²) in [4.78, 5) is 1.67. The van der Waals surface area contributed by atoms with Gasteiger partial charge in [-0.05, 0) is 24.5 Å². The van der Waals surface area contributed by atoms with Crippen LogP contribution in [-0.2, 0) is 0 Å². The summed E-state index contributed by atoms with van der Waals surface area (Å²) in [5.74, 6) is -2.58. The van der Waals surface area contributed by atoms with E-state index in [0.29, 0.717) is 22.0 Å². The molecular formula is C13H11F2N3OS2. The van der Waals surface area contributed by atoms with Crippen molar-refractivity contribution in [1.29, 1.82) is 0 Å². The molecule has 0 saturated carbocycles. The number of benzene rings is 2. The van der Waals surface area contributed by atoms with Gasteiger partial charge in [0.05, 0.1) is 0 Å². The molecule has 0 fully saturated rings. The molecule has 0 aliphatic carbocycles. The van der Waals surface area contributed by atoms with Gasteiger partial charge >= 0.3 is 0 Å². The van der Waals surface area contributed by atoms with Crippen LogP contribution in [0.3, 0.4) is 0 Å². The van der Waals surface area contributed by atoms with Crippen molar-refractivity contribution in [3.05, 3.63) is 42.0 Å². The number of hydrogen-bond donors (Lipinski definition) is 3. The average Bonchev–Trinajstić information content (AvgIpc) is 2.87. The lowest BCUT2D eigenvalue weighted by molar-refractivity contribution is 0.421. The number of fused-ring (bicyclic) bond motifs is 1. The Kier molecular flexibility index (Phi) is 4.69. The number of thiol groups is 2. The lowest BCUT2D eigenvalue weighted by Gasteiger charge is -2.03. The molecule has 3 aromatic rings. The fourth-order valence-corrected chi connectivity index (χ4v) is 1.91. The molecule has 3 rings (SSSR count). The molecule has 0 radical (unpaired) electrons. The van der Waals surface area contributed by atoms with Gasteiger partial charge in [-0.25, -0.2) is 8.78 Å². The summed E-state index contributed by atoms with van der Waals surface area (Å²) in [5.41, 5.74) is 0.882. The first-order valence-electron chi connectivity index (χ1n) is 5.74. The summed E-state index contributed by atoms with van der Waals surface area (Å²) in [6.45, 7) is 0. The minimum Gasteiger partial charge on any atom is -0.503 e. The Morgan fingerprint density at radius 1 is 1.05 bits per heavy atom. The maximum atomic E-state index is 13.3. The molecule has 4 nitrogen and oxygen atoms in total. The molecule has 0 bridgehead atoms. The number of hydrogen-bond acceptors (Lipinski definition) is 5. The van der Waals surface area contributed by atoms with Crippen LogP contribution in [0.1, 0.15) is 0 Å². The Morgan fingerprint density at radius 3 is 2.43 bits per heavy atom. The molecule has 0 amide bonds. The van der Waals surface area contributed by atoms with Crippen molar-refractivity contribution in [3.8, 4) is 11.4 Å². The summed E-state index contributed by atoms with van der Waals surface area (Å²) in [6.07, 6.45) is 1.69. The Hall–Kier alpha value is -1.80. The first-order valence-corrected chi connectivity index (χ1v) is 7.08. The van der Waals surface area contributed by atoms with Crippen molar-refractivity contribution in [2.45, 2.75) is 4.90 Å². The third-order valence-corrected chi connectivity index (χ3v) is 2.87. The Labute approximate surface area is 130 Å². The van der Waals surface area contributed by atoms with Crippen molar-refractivity contribution in [2.75, 3.05) is 6.26 Å². The third kappa shape index (κ3) is 3.11. The van der Waals surface area contributed by atoms with Crippen LogP contribution in [-0.4, -0.2) is 26.4 Å². The summed E-state index contributed by atoms with van der Waals surface area (Å²) in [5, 5.41) is 17.7. The van der Waals surface area contributed by atoms with E-state index in [0.717, 1.165) is 10.9 Å². The number of phenols is 1. The Morgan fingerprint density at radius 2 is 1.71 bits per heavy atom. The Balaban J connectivity index is 0.000000774. The van der Waals surface area contributed by atoms with Gasteiger partial charge in [0.1, 0.15) is 22.5 Å². The summed E-state index contributed by atoms with van der Waals surface area (Å²) < 4.78 is 26.5. The predicted octanol–water partition coefficient (Wildman–Crippen LogP) is 3.24. The van der Waals surface area contributed by atoms with E-state index in [1.165, 1.54) is 0 Å². The standard InChI is InChI=1S/C12H7F2N3OS.CH4S/c13-6-3-8(14)12(18)11(4-6)17-15-9-2-1-7(19)5-10(9)16-17;1-2/h1-5,18-19H;2H,1H3. The van der Waals surface area contributed by atoms with Crippen LogP contribution >= 0.6 is 25.3 Å². The van der Waals surface area contributed by atoms with Crippen LogP contribution in [0.2, 0.25) is 0 Å². The molecule has 8 heteroatoms. The summed E-state index contributed by atoms with van der Waals surface area (Å²) in [6, 6.07) is 6.60. The van der Waals surface area contributed by atoms with Gasteiger partial charge in [-0.1, -0.05) is 0 Å². The van der Waals surface area contributed by atoms with Crippen molar-refractivity contribution in [3.63, 3.8) is 0 Å². The molecule has 0 saturated heterocycles. The molecule has 1 N–H and O–H groups in total. The smallest absolute Gasteiger partial charge is 0.179 e. The van der Waals surface area contributed by atoms with Crippen LogP contribution in [0.5, 0.6) is 5.75 Å². The van der Waals surface area contributed by atoms with E-state index < -0.39 is 17.4 Å². The molecule has 0 spiro atoms. The number of phenolic OH excluding ortho intramolecular Hbond substituents is 1. The molecule has 0 aliphatic heterocycles. The SMILES string of the molecule is CS.Oc1c(F)cc(F)cc1-n1nc2ccc(S)cc2n1. The van der Waals surface area contributed by atoms with Crippen molar-refractivity contribution >= 4 is 36.3 Å². The number of aromatic nitrogens is 3. The zero-order valence-corrected chi connectivity index (χ0v) is 12.6. The molecule has 110 valence electrons. The van der Waals surface area contributed by atoms with E-state index in [1.54, 1.807) is 24.5 Å². The van der Waals surface area contributed by atoms with Crippen LogP contribution in [0.25, 0.3) is 16.7 Å². The second kappa shape index (κ2) is 6.31. The fourth-order valence-electron chi connectivity index (χ4n) is 1.72. The zero-order chi connectivity index (χ0) is 15.6. The summed E-state index contributed by atoms with van der Waals surface area (Å²) >= 11 is 7.69. The highest BCUT2D eigenvalue weighted by molar-refractivity contribution is 7.80. The number of nitrogens with zero attached hydrogens (tertiary/aromatic N) is 3. The normalized spacial score (nSPS) is 10.3. The van der Waals surface area contributed by atoms with E-state index in [2.05, 4.69) is 35.5 Å². The largest absolute Gasteiger partial charge is 0.503 e. The quantitative estimate of drug-likeness (QED) is 0.602. The van der Waals surface area contributed by atoms with Gasteiger partial charge in [-0.3, -0.25) is 0 Å². The van der Waals surface area contributed by atoms with E-state index >= 15 is 0 Å². The van der Waals surface area contributed by atoms with E-state index in [9.17, 15) is 13.9 Å². The first-order chi connectivity index (χ1) is 10.0.